The molecule has 0 aromatic carbocycles. The van der Waals surface area contributed by atoms with Crippen molar-refractivity contribution in [2.75, 3.05) is 40.5 Å². The molecule has 0 fully saturated rings. The number of thiol groups is 1. The third-order valence-electron chi connectivity index (χ3n) is 3.19. The zero-order valence-electron chi connectivity index (χ0n) is 16.1. The first-order chi connectivity index (χ1) is 12.5. The molecule has 0 aromatic heterocycles. The van der Waals surface area contributed by atoms with E-state index in [1.54, 1.807) is 5.32 Å². The predicted molar refractivity (Wildman–Crippen MR) is 106 cm³/mol. The molecule has 26 heavy (non-hydrogen) atoms. The molecule has 0 amide bonds. The van der Waals surface area contributed by atoms with Crippen LogP contribution in [-0.4, -0.2) is 60.1 Å². The first-order valence-electron chi connectivity index (χ1n) is 8.30. The van der Waals surface area contributed by atoms with Crippen molar-refractivity contribution < 1.29 is 0 Å². The van der Waals surface area contributed by atoms with Gasteiger partial charge in [-0.1, -0.05) is 26.0 Å². The number of hydrogen-bond donors (Lipinski definition) is 2. The van der Waals surface area contributed by atoms with E-state index in [0.29, 0.717) is 0 Å². The van der Waals surface area contributed by atoms with E-state index >= 15 is 0 Å². The Hall–Kier alpha value is -2.70. The number of nitrogens with one attached hydrogen (secondary N) is 1. The summed E-state index contributed by atoms with van der Waals surface area (Å²) >= 11 is 3.09. The Bertz CT molecular complexity index is 502. The van der Waals surface area contributed by atoms with Gasteiger partial charge in [0.15, 0.2) is 12.4 Å². The van der Waals surface area contributed by atoms with E-state index in [1.807, 2.05) is 0 Å². The molecule has 2 aliphatic rings. The molecule has 0 aliphatic carbocycles. The van der Waals surface area contributed by atoms with Crippen molar-refractivity contribution in [1.29, 1.82) is 15.8 Å². The van der Waals surface area contributed by atoms with E-state index in [4.69, 9.17) is 15.8 Å². The van der Waals surface area contributed by atoms with Gasteiger partial charge >= 0.3 is 0 Å². The van der Waals surface area contributed by atoms with E-state index in [1.165, 1.54) is 37.2 Å². The fourth-order valence-electron chi connectivity index (χ4n) is 1.91. The Labute approximate surface area is 163 Å². The standard InChI is InChI=1S/C8H16N2.C6H12N2.C2HN3.CHNS/c1-3-4-5-10-7-6-9(2)8-10;1-3-8-5-4-7(2)6-8;3-1-5-2-4;2-1-3/h6-7H,3-5,8H2,1-2H3;4-5H,3,6H2,1-2H3;5H;3H. The largest absolute Gasteiger partial charge is 0.362 e. The molecule has 0 atom stereocenters. The predicted octanol–water partition coefficient (Wildman–Crippen LogP) is 2.08. The summed E-state index contributed by atoms with van der Waals surface area (Å²) in [6, 6.07) is 0. The molecule has 0 radical (unpaired) electrons. The second-order valence-corrected chi connectivity index (χ2v) is 5.61. The maximum Gasteiger partial charge on any atom is 0.190 e. The molecule has 0 saturated carbocycles. The highest BCUT2D eigenvalue weighted by Gasteiger charge is 2.05. The van der Waals surface area contributed by atoms with Gasteiger partial charge in [0, 0.05) is 52.0 Å². The van der Waals surface area contributed by atoms with E-state index in [-0.39, 0.29) is 0 Å². The lowest BCUT2D eigenvalue weighted by Gasteiger charge is -2.17. The van der Waals surface area contributed by atoms with Crippen LogP contribution in [0.5, 0.6) is 0 Å². The molecule has 9 heteroatoms. The van der Waals surface area contributed by atoms with Crippen LogP contribution in [-0.2, 0) is 0 Å². The lowest BCUT2D eigenvalue weighted by Crippen LogP contribution is -2.23. The van der Waals surface area contributed by atoms with Crippen LogP contribution in [0.1, 0.15) is 26.7 Å². The maximum absolute atomic E-state index is 7.48. The van der Waals surface area contributed by atoms with Crippen LogP contribution >= 0.6 is 12.6 Å². The van der Waals surface area contributed by atoms with Gasteiger partial charge in [-0.3, -0.25) is 0 Å². The highest BCUT2D eigenvalue weighted by Crippen LogP contribution is 2.04. The van der Waals surface area contributed by atoms with Crippen LogP contribution in [0.4, 0.5) is 0 Å². The highest BCUT2D eigenvalue weighted by atomic mass is 32.1. The summed E-state index contributed by atoms with van der Waals surface area (Å²) in [6.45, 7) is 8.82. The first-order valence-corrected chi connectivity index (χ1v) is 8.75. The number of thiocyanates is 1. The summed E-state index contributed by atoms with van der Waals surface area (Å²) in [5.74, 6) is 0. The third kappa shape index (κ3) is 16.2. The average molecular weight is 379 g/mol. The van der Waals surface area contributed by atoms with Crippen molar-refractivity contribution >= 4 is 12.6 Å². The summed E-state index contributed by atoms with van der Waals surface area (Å²) < 4.78 is 0. The van der Waals surface area contributed by atoms with E-state index < -0.39 is 0 Å². The summed E-state index contributed by atoms with van der Waals surface area (Å²) in [5.41, 5.74) is 0. The molecule has 0 saturated heterocycles. The van der Waals surface area contributed by atoms with Gasteiger partial charge in [-0.2, -0.15) is 15.8 Å². The van der Waals surface area contributed by atoms with Crippen LogP contribution < -0.4 is 5.32 Å². The smallest absolute Gasteiger partial charge is 0.190 e. The van der Waals surface area contributed by atoms with Gasteiger partial charge in [-0.05, 0) is 13.3 Å². The topological polar surface area (TPSA) is 96.4 Å². The van der Waals surface area contributed by atoms with Crippen LogP contribution in [0.25, 0.3) is 0 Å². The summed E-state index contributed by atoms with van der Waals surface area (Å²) in [7, 11) is 4.18. The van der Waals surface area contributed by atoms with E-state index in [0.717, 1.165) is 19.9 Å². The van der Waals surface area contributed by atoms with E-state index in [9.17, 15) is 0 Å². The zero-order chi connectivity index (χ0) is 20.2. The summed E-state index contributed by atoms with van der Waals surface area (Å²) in [6.07, 6.45) is 13.9. The third-order valence-corrected chi connectivity index (χ3v) is 3.19. The normalized spacial score (nSPS) is 13.2. The Morgan fingerprint density at radius 3 is 1.62 bits per heavy atom. The Morgan fingerprint density at radius 1 is 0.923 bits per heavy atom. The summed E-state index contributed by atoms with van der Waals surface area (Å²) in [4.78, 5) is 8.93. The van der Waals surface area contributed by atoms with Gasteiger partial charge in [0.1, 0.15) is 5.40 Å². The van der Waals surface area contributed by atoms with Gasteiger partial charge in [0.2, 0.25) is 0 Å². The van der Waals surface area contributed by atoms with Crippen LogP contribution in [0, 0.1) is 33.6 Å². The Balaban J connectivity index is 0. The molecule has 0 aromatic rings. The zero-order valence-corrected chi connectivity index (χ0v) is 17.0. The van der Waals surface area contributed by atoms with Gasteiger partial charge in [-0.25, -0.2) is 5.32 Å². The fraction of sp³-hybridized carbons (Fsp3) is 0.588. The highest BCUT2D eigenvalue weighted by molar-refractivity contribution is 7.85. The van der Waals surface area contributed by atoms with Crippen molar-refractivity contribution in [2.24, 2.45) is 0 Å². The Kier molecular flexibility index (Phi) is 18.3. The van der Waals surface area contributed by atoms with Crippen molar-refractivity contribution in [3.05, 3.63) is 24.8 Å². The van der Waals surface area contributed by atoms with Crippen molar-refractivity contribution in [2.45, 2.75) is 26.7 Å². The molecule has 2 rings (SSSR count). The second kappa shape index (κ2) is 18.6. The number of unbranched alkanes of at least 4 members (excludes halogenated alkanes) is 1. The molecule has 0 unspecified atom stereocenters. The molecular weight excluding hydrogens is 348 g/mol. The summed E-state index contributed by atoms with van der Waals surface area (Å²) in [5, 5.41) is 25.3. The van der Waals surface area contributed by atoms with Crippen LogP contribution in [0.2, 0.25) is 0 Å². The molecule has 0 bridgehead atoms. The van der Waals surface area contributed by atoms with Crippen LogP contribution in [0.15, 0.2) is 24.8 Å². The fourth-order valence-corrected chi connectivity index (χ4v) is 1.91. The molecule has 0 spiro atoms. The molecule has 8 nitrogen and oxygen atoms in total. The minimum absolute atomic E-state index is 1.05. The molecule has 2 heterocycles. The molecule has 144 valence electrons. The average Bonchev–Trinajstić information content (AvgIpc) is 3.23. The van der Waals surface area contributed by atoms with Gasteiger partial charge in [-0.15, -0.1) is 0 Å². The Morgan fingerprint density at radius 2 is 1.38 bits per heavy atom. The lowest BCUT2D eigenvalue weighted by atomic mass is 10.3. The lowest BCUT2D eigenvalue weighted by molar-refractivity contribution is 0.293. The number of nitriles is 3. The van der Waals surface area contributed by atoms with Crippen LogP contribution in [0.3, 0.4) is 0 Å². The van der Waals surface area contributed by atoms with Crippen molar-refractivity contribution in [3.8, 4) is 17.8 Å². The van der Waals surface area contributed by atoms with Gasteiger partial charge in [0.25, 0.3) is 0 Å². The minimum atomic E-state index is 1.05. The molecule has 2 aliphatic heterocycles. The number of hydrogen-bond acceptors (Lipinski definition) is 9. The van der Waals surface area contributed by atoms with Crippen molar-refractivity contribution in [1.82, 2.24) is 24.9 Å². The molecule has 1 N–H and O–H groups in total. The van der Waals surface area contributed by atoms with Gasteiger partial charge < -0.3 is 19.6 Å². The monoisotopic (exact) mass is 378 g/mol. The molecular formula is C17H30N8S. The number of rotatable bonds is 4. The maximum atomic E-state index is 7.48. The quantitative estimate of drug-likeness (QED) is 0.436. The number of nitrogens with zero attached hydrogens (tertiary/aromatic N) is 7. The second-order valence-electron chi connectivity index (χ2n) is 5.41. The van der Waals surface area contributed by atoms with E-state index in [2.05, 4.69) is 85.0 Å². The SMILES string of the molecule is CCCCN1C=CN(C)C1.CCN1C=CN(C)C1.N#CNC#N.N#CS. The first kappa shape index (κ1) is 25.5. The van der Waals surface area contributed by atoms with Crippen molar-refractivity contribution in [3.63, 3.8) is 0 Å². The minimum Gasteiger partial charge on any atom is -0.362 e. The van der Waals surface area contributed by atoms with Gasteiger partial charge in [0.05, 0.1) is 13.3 Å².